The Balaban J connectivity index is 2.39. The highest BCUT2D eigenvalue weighted by atomic mass is 33.1. The lowest BCUT2D eigenvalue weighted by Crippen LogP contribution is -1.93. The fraction of sp³-hybridized carbons (Fsp3) is 0.273. The second-order valence-electron chi connectivity index (χ2n) is 3.23. The summed E-state index contributed by atoms with van der Waals surface area (Å²) in [5.41, 5.74) is 4.29. The van der Waals surface area contributed by atoms with E-state index < -0.39 is 0 Å². The zero-order chi connectivity index (χ0) is 9.26. The van der Waals surface area contributed by atoms with E-state index in [9.17, 15) is 0 Å². The Morgan fingerprint density at radius 3 is 2.77 bits per heavy atom. The average molecular weight is 208 g/mol. The molecule has 0 fully saturated rings. The molecule has 0 saturated carbocycles. The summed E-state index contributed by atoms with van der Waals surface area (Å²) in [5, 5.41) is 2.74. The molecular formula is C11H12S2. The van der Waals surface area contributed by atoms with Crippen molar-refractivity contribution in [3.63, 3.8) is 0 Å². The normalized spacial score (nSPS) is 20.9. The molecule has 0 N–H and O–H groups in total. The van der Waals surface area contributed by atoms with Crippen LogP contribution in [0.15, 0.2) is 29.7 Å². The van der Waals surface area contributed by atoms with Gasteiger partial charge in [0.1, 0.15) is 0 Å². The van der Waals surface area contributed by atoms with Crippen molar-refractivity contribution in [1.29, 1.82) is 0 Å². The molecule has 0 aromatic heterocycles. The van der Waals surface area contributed by atoms with E-state index in [2.05, 4.69) is 43.5 Å². The minimum atomic E-state index is 0.560. The first kappa shape index (κ1) is 9.22. The van der Waals surface area contributed by atoms with Gasteiger partial charge in [-0.05, 0) is 35.9 Å². The van der Waals surface area contributed by atoms with Crippen molar-refractivity contribution in [1.82, 2.24) is 0 Å². The molecular weight excluding hydrogens is 196 g/mol. The van der Waals surface area contributed by atoms with Crippen molar-refractivity contribution < 1.29 is 0 Å². The summed E-state index contributed by atoms with van der Waals surface area (Å²) in [6, 6.07) is 6.56. The largest absolute Gasteiger partial charge is 0.0770 e. The van der Waals surface area contributed by atoms with Crippen LogP contribution in [-0.4, -0.2) is 0 Å². The Morgan fingerprint density at radius 1 is 1.23 bits per heavy atom. The summed E-state index contributed by atoms with van der Waals surface area (Å²) in [5.74, 6) is 0. The fourth-order valence-electron chi connectivity index (χ4n) is 1.46. The van der Waals surface area contributed by atoms with E-state index in [-0.39, 0.29) is 0 Å². The van der Waals surface area contributed by atoms with Crippen LogP contribution in [0.1, 0.15) is 21.9 Å². The molecule has 1 aliphatic rings. The first-order chi connectivity index (χ1) is 6.29. The van der Waals surface area contributed by atoms with Gasteiger partial charge in [-0.1, -0.05) is 45.9 Å². The zero-order valence-electron chi connectivity index (χ0n) is 7.78. The smallest absolute Gasteiger partial charge is 0.0595 e. The first-order valence-electron chi connectivity index (χ1n) is 4.34. The number of hydrogen-bond donors (Lipinski definition) is 0. The molecule has 2 rings (SSSR count). The summed E-state index contributed by atoms with van der Waals surface area (Å²) in [7, 11) is 3.75. The molecule has 0 nitrogen and oxygen atoms in total. The van der Waals surface area contributed by atoms with Crippen molar-refractivity contribution >= 4 is 21.6 Å². The van der Waals surface area contributed by atoms with Gasteiger partial charge < -0.3 is 0 Å². The maximum absolute atomic E-state index is 2.27. The molecule has 13 heavy (non-hydrogen) atoms. The molecule has 1 unspecified atom stereocenters. The van der Waals surface area contributed by atoms with Crippen molar-refractivity contribution in [3.05, 3.63) is 46.4 Å². The second kappa shape index (κ2) is 3.81. The Hall–Kier alpha value is -0.340. The van der Waals surface area contributed by atoms with Crippen LogP contribution in [0.5, 0.6) is 0 Å². The van der Waals surface area contributed by atoms with Crippen LogP contribution in [0.25, 0.3) is 0 Å². The van der Waals surface area contributed by atoms with Crippen LogP contribution in [0.4, 0.5) is 0 Å². The molecule has 0 bridgehead atoms. The minimum Gasteiger partial charge on any atom is -0.0770 e. The molecule has 1 aliphatic heterocycles. The van der Waals surface area contributed by atoms with Crippen LogP contribution in [0.3, 0.4) is 0 Å². The van der Waals surface area contributed by atoms with E-state index in [1.165, 1.54) is 16.7 Å². The highest BCUT2D eigenvalue weighted by Gasteiger charge is 2.15. The molecule has 0 aliphatic carbocycles. The van der Waals surface area contributed by atoms with Crippen LogP contribution in [0.2, 0.25) is 0 Å². The van der Waals surface area contributed by atoms with E-state index in [0.29, 0.717) is 5.25 Å². The van der Waals surface area contributed by atoms with Gasteiger partial charge in [0, 0.05) is 0 Å². The minimum absolute atomic E-state index is 0.560. The number of benzene rings is 1. The van der Waals surface area contributed by atoms with Crippen molar-refractivity contribution in [2.24, 2.45) is 0 Å². The molecule has 1 heterocycles. The maximum Gasteiger partial charge on any atom is 0.0595 e. The van der Waals surface area contributed by atoms with Crippen LogP contribution in [-0.2, 0) is 0 Å². The van der Waals surface area contributed by atoms with Gasteiger partial charge in [-0.2, -0.15) is 0 Å². The lowest BCUT2D eigenvalue weighted by molar-refractivity contribution is 1.17. The summed E-state index contributed by atoms with van der Waals surface area (Å²) in [4.78, 5) is 0. The van der Waals surface area contributed by atoms with E-state index in [0.717, 1.165) is 0 Å². The predicted molar refractivity (Wildman–Crippen MR) is 63.0 cm³/mol. The maximum atomic E-state index is 2.27. The van der Waals surface area contributed by atoms with Crippen molar-refractivity contribution in [2.45, 2.75) is 19.1 Å². The third-order valence-corrected chi connectivity index (χ3v) is 4.71. The van der Waals surface area contributed by atoms with Crippen LogP contribution < -0.4 is 0 Å². The Kier molecular flexibility index (Phi) is 2.70. The molecule has 1 aromatic rings. The van der Waals surface area contributed by atoms with E-state index in [1.54, 1.807) is 0 Å². The Morgan fingerprint density at radius 2 is 2.08 bits per heavy atom. The van der Waals surface area contributed by atoms with Gasteiger partial charge in [0.05, 0.1) is 5.25 Å². The molecule has 1 atom stereocenters. The number of aryl methyl sites for hydroxylation is 1. The molecule has 68 valence electrons. The lowest BCUT2D eigenvalue weighted by atomic mass is 10.0. The van der Waals surface area contributed by atoms with Gasteiger partial charge in [0.2, 0.25) is 0 Å². The van der Waals surface area contributed by atoms with Crippen LogP contribution in [0, 0.1) is 13.8 Å². The quantitative estimate of drug-likeness (QED) is 0.633. The highest BCUT2D eigenvalue weighted by Crippen LogP contribution is 2.46. The zero-order valence-corrected chi connectivity index (χ0v) is 9.41. The first-order valence-corrected chi connectivity index (χ1v) is 6.61. The third kappa shape index (κ3) is 1.79. The molecule has 0 spiro atoms. The lowest BCUT2D eigenvalue weighted by Gasteiger charge is -2.12. The van der Waals surface area contributed by atoms with Gasteiger partial charge in [0.25, 0.3) is 0 Å². The van der Waals surface area contributed by atoms with Gasteiger partial charge in [-0.25, -0.2) is 0 Å². The monoisotopic (exact) mass is 208 g/mol. The summed E-state index contributed by atoms with van der Waals surface area (Å²) < 4.78 is 0. The standard InChI is InChI=1S/C11H12S2/c1-8-4-3-5-10(9(8)2)11-6-7-12-13-11/h3-7,11H,1-2H3. The molecule has 0 amide bonds. The number of rotatable bonds is 1. The van der Waals surface area contributed by atoms with Gasteiger partial charge in [0.15, 0.2) is 0 Å². The van der Waals surface area contributed by atoms with Crippen LogP contribution >= 0.6 is 21.6 Å². The van der Waals surface area contributed by atoms with E-state index in [1.807, 2.05) is 21.6 Å². The van der Waals surface area contributed by atoms with Gasteiger partial charge in [-0.3, -0.25) is 0 Å². The third-order valence-electron chi connectivity index (χ3n) is 2.42. The van der Waals surface area contributed by atoms with Gasteiger partial charge >= 0.3 is 0 Å². The SMILES string of the molecule is Cc1cccc(C2C=CSS2)c1C. The van der Waals surface area contributed by atoms with Crippen molar-refractivity contribution in [3.8, 4) is 0 Å². The summed E-state index contributed by atoms with van der Waals surface area (Å²) in [6.07, 6.45) is 2.27. The van der Waals surface area contributed by atoms with Gasteiger partial charge in [-0.15, -0.1) is 0 Å². The topological polar surface area (TPSA) is 0 Å². The highest BCUT2D eigenvalue weighted by molar-refractivity contribution is 8.78. The predicted octanol–water partition coefficient (Wildman–Crippen LogP) is 4.25. The fourth-order valence-corrected chi connectivity index (χ4v) is 3.72. The average Bonchev–Trinajstić information content (AvgIpc) is 2.62. The number of hydrogen-bond acceptors (Lipinski definition) is 2. The summed E-state index contributed by atoms with van der Waals surface area (Å²) >= 11 is 0. The van der Waals surface area contributed by atoms with E-state index >= 15 is 0 Å². The Bertz CT molecular complexity index is 342. The molecule has 0 saturated heterocycles. The Labute approximate surface area is 87.2 Å². The van der Waals surface area contributed by atoms with Crippen molar-refractivity contribution in [2.75, 3.05) is 0 Å². The molecule has 2 heteroatoms. The second-order valence-corrected chi connectivity index (χ2v) is 5.55. The summed E-state index contributed by atoms with van der Waals surface area (Å²) in [6.45, 7) is 4.39. The molecule has 1 aromatic carbocycles. The molecule has 0 radical (unpaired) electrons. The van der Waals surface area contributed by atoms with E-state index in [4.69, 9.17) is 0 Å².